The minimum absolute atomic E-state index is 1.23. The first-order chi connectivity index (χ1) is 19.4. The van der Waals surface area contributed by atoms with Crippen molar-refractivity contribution in [2.24, 2.45) is 7.05 Å². The van der Waals surface area contributed by atoms with E-state index in [-0.39, 0.29) is 0 Å². The molecule has 0 amide bonds. The highest BCUT2D eigenvalue weighted by Gasteiger charge is 2.37. The summed E-state index contributed by atoms with van der Waals surface area (Å²) < 4.78 is 4.80. The summed E-state index contributed by atoms with van der Waals surface area (Å²) in [6.45, 7) is 7.22. The first-order valence-electron chi connectivity index (χ1n) is 14.1. The van der Waals surface area contributed by atoms with Crippen LogP contribution in [0.5, 0.6) is 0 Å². The maximum Gasteiger partial charge on any atom is 0.215 e. The van der Waals surface area contributed by atoms with Crippen molar-refractivity contribution in [3.8, 4) is 28.1 Å². The molecule has 0 aliphatic carbocycles. The van der Waals surface area contributed by atoms with E-state index in [0.717, 1.165) is 0 Å². The van der Waals surface area contributed by atoms with Crippen molar-refractivity contribution in [3.63, 3.8) is 0 Å². The molecule has 0 saturated heterocycles. The van der Waals surface area contributed by atoms with Gasteiger partial charge in [-0.05, 0) is 63.0 Å². The number of rotatable bonds is 2. The van der Waals surface area contributed by atoms with E-state index in [0.29, 0.717) is 0 Å². The van der Waals surface area contributed by atoms with Crippen molar-refractivity contribution in [2.75, 3.05) is 0 Å². The standard InChI is InChI=1S/C37H31N2Si/c1-24-17-18-25-11-5-6-12-27(25)37(24)34-22-33-31(23-38(34)2)28-13-7-9-15-32(28)39(33)26-19-20-30-29-14-8-10-16-35(29)40(3,4)36(30)21-26/h5-23H,1-4H3/q+1. The molecule has 3 heteroatoms. The molecule has 0 radical (unpaired) electrons. The summed E-state index contributed by atoms with van der Waals surface area (Å²) in [6, 6.07) is 40.7. The van der Waals surface area contributed by atoms with E-state index < -0.39 is 8.07 Å². The Balaban J connectivity index is 1.44. The van der Waals surface area contributed by atoms with Gasteiger partial charge in [0.1, 0.15) is 15.1 Å². The van der Waals surface area contributed by atoms with E-state index in [1.54, 1.807) is 5.19 Å². The minimum Gasteiger partial charge on any atom is -0.309 e. The third kappa shape index (κ3) is 3.13. The van der Waals surface area contributed by atoms with Gasteiger partial charge >= 0.3 is 0 Å². The number of pyridine rings is 1. The maximum atomic E-state index is 2.49. The molecule has 7 aromatic rings. The van der Waals surface area contributed by atoms with Crippen molar-refractivity contribution in [2.45, 2.75) is 20.0 Å². The second-order valence-corrected chi connectivity index (χ2v) is 16.1. The zero-order valence-corrected chi connectivity index (χ0v) is 24.4. The van der Waals surface area contributed by atoms with Crippen molar-refractivity contribution < 1.29 is 4.57 Å². The molecule has 0 N–H and O–H groups in total. The lowest BCUT2D eigenvalue weighted by atomic mass is 9.96. The van der Waals surface area contributed by atoms with Crippen LogP contribution in [0.1, 0.15) is 5.56 Å². The van der Waals surface area contributed by atoms with Gasteiger partial charge in [0.15, 0.2) is 6.20 Å². The lowest BCUT2D eigenvalue weighted by Crippen LogP contribution is -2.49. The summed E-state index contributed by atoms with van der Waals surface area (Å²) in [4.78, 5) is 0. The normalized spacial score (nSPS) is 13.7. The van der Waals surface area contributed by atoms with Crippen LogP contribution in [-0.4, -0.2) is 12.6 Å². The van der Waals surface area contributed by atoms with E-state index in [4.69, 9.17) is 0 Å². The summed E-state index contributed by atoms with van der Waals surface area (Å²) in [5, 5.41) is 8.21. The molecule has 0 unspecified atom stereocenters. The molecule has 5 aromatic carbocycles. The van der Waals surface area contributed by atoms with Gasteiger partial charge in [0.25, 0.3) is 0 Å². The molecule has 0 fully saturated rings. The Morgan fingerprint density at radius 3 is 2.23 bits per heavy atom. The molecule has 0 atom stereocenters. The quantitative estimate of drug-likeness (QED) is 0.161. The van der Waals surface area contributed by atoms with Crippen LogP contribution in [-0.2, 0) is 7.05 Å². The second kappa shape index (κ2) is 8.26. The molecule has 192 valence electrons. The Bertz CT molecular complexity index is 2170. The van der Waals surface area contributed by atoms with Gasteiger partial charge in [0, 0.05) is 17.1 Å². The fraction of sp³-hybridized carbons (Fsp3) is 0.108. The van der Waals surface area contributed by atoms with E-state index >= 15 is 0 Å². The van der Waals surface area contributed by atoms with E-state index in [1.807, 2.05) is 0 Å². The van der Waals surface area contributed by atoms with Crippen LogP contribution in [0.15, 0.2) is 115 Å². The Kier molecular flexibility index (Phi) is 4.84. The summed E-state index contributed by atoms with van der Waals surface area (Å²) in [5.41, 5.74) is 10.4. The second-order valence-electron chi connectivity index (χ2n) is 11.8. The average molecular weight is 532 g/mol. The van der Waals surface area contributed by atoms with Gasteiger partial charge in [-0.25, -0.2) is 4.57 Å². The SMILES string of the molecule is Cc1ccc2ccccc2c1-c1cc2c(c[n+]1C)c1ccccc1n2-c1ccc2c(c1)[Si](C)(C)c1ccccc1-2. The topological polar surface area (TPSA) is 8.81 Å². The number of fused-ring (bicyclic) bond motifs is 7. The first kappa shape index (κ1) is 23.4. The molecule has 0 saturated carbocycles. The lowest BCUT2D eigenvalue weighted by molar-refractivity contribution is -0.659. The number of hydrogen-bond acceptors (Lipinski definition) is 0. The molecule has 0 bridgehead atoms. The molecule has 2 aromatic heterocycles. The van der Waals surface area contributed by atoms with Crippen LogP contribution in [0.3, 0.4) is 0 Å². The molecule has 1 aliphatic heterocycles. The van der Waals surface area contributed by atoms with Crippen molar-refractivity contribution >= 4 is 51.0 Å². The third-order valence-electron chi connectivity index (χ3n) is 9.15. The van der Waals surface area contributed by atoms with Gasteiger partial charge in [-0.2, -0.15) is 0 Å². The number of aromatic nitrogens is 2. The Morgan fingerprint density at radius 1 is 0.625 bits per heavy atom. The summed E-state index contributed by atoms with van der Waals surface area (Å²) in [7, 11) is 0.395. The fourth-order valence-electron chi connectivity index (χ4n) is 7.14. The van der Waals surface area contributed by atoms with Gasteiger partial charge in [-0.3, -0.25) is 0 Å². The van der Waals surface area contributed by atoms with Crippen LogP contribution in [0.4, 0.5) is 0 Å². The zero-order valence-electron chi connectivity index (χ0n) is 23.4. The molecule has 1 aliphatic rings. The smallest absolute Gasteiger partial charge is 0.215 e. The Labute approximate surface area is 235 Å². The lowest BCUT2D eigenvalue weighted by Gasteiger charge is -2.20. The zero-order chi connectivity index (χ0) is 27.2. The molecule has 8 rings (SSSR count). The van der Waals surface area contributed by atoms with Gasteiger partial charge < -0.3 is 4.57 Å². The van der Waals surface area contributed by atoms with Gasteiger partial charge in [0.05, 0.1) is 22.0 Å². The maximum absolute atomic E-state index is 2.49. The first-order valence-corrected chi connectivity index (χ1v) is 17.1. The van der Waals surface area contributed by atoms with E-state index in [9.17, 15) is 0 Å². The Morgan fingerprint density at radius 2 is 1.35 bits per heavy atom. The molecule has 3 heterocycles. The third-order valence-corrected chi connectivity index (χ3v) is 12.7. The number of para-hydroxylation sites is 1. The van der Waals surface area contributed by atoms with Crippen molar-refractivity contribution in [1.82, 2.24) is 4.57 Å². The summed E-state index contributed by atoms with van der Waals surface area (Å²) >= 11 is 0. The van der Waals surface area contributed by atoms with Crippen molar-refractivity contribution in [1.29, 1.82) is 0 Å². The minimum atomic E-state index is -1.79. The number of benzene rings is 5. The highest BCUT2D eigenvalue weighted by atomic mass is 28.3. The van der Waals surface area contributed by atoms with Crippen LogP contribution in [0.25, 0.3) is 60.6 Å². The monoisotopic (exact) mass is 531 g/mol. The van der Waals surface area contributed by atoms with Crippen LogP contribution < -0.4 is 14.9 Å². The molecule has 40 heavy (non-hydrogen) atoms. The van der Waals surface area contributed by atoms with Crippen LogP contribution in [0.2, 0.25) is 13.1 Å². The largest absolute Gasteiger partial charge is 0.309 e. The van der Waals surface area contributed by atoms with Gasteiger partial charge in [-0.15, -0.1) is 0 Å². The van der Waals surface area contributed by atoms with E-state index in [2.05, 4.69) is 152 Å². The number of hydrogen-bond donors (Lipinski definition) is 0. The van der Waals surface area contributed by atoms with Crippen molar-refractivity contribution in [3.05, 3.63) is 121 Å². The number of aryl methyl sites for hydroxylation is 2. The summed E-state index contributed by atoms with van der Waals surface area (Å²) in [6.07, 6.45) is 2.33. The molecular formula is C37H31N2Si+. The predicted octanol–water partition coefficient (Wildman–Crippen LogP) is 7.54. The Hall–Kier alpha value is -4.47. The van der Waals surface area contributed by atoms with Gasteiger partial charge in [-0.1, -0.05) is 98.0 Å². The van der Waals surface area contributed by atoms with Crippen LogP contribution >= 0.6 is 0 Å². The number of nitrogens with zero attached hydrogens (tertiary/aromatic N) is 2. The molecular weight excluding hydrogens is 501 g/mol. The predicted molar refractivity (Wildman–Crippen MR) is 172 cm³/mol. The highest BCUT2D eigenvalue weighted by molar-refractivity contribution is 7.03. The fourth-order valence-corrected chi connectivity index (χ4v) is 10.2. The molecule has 2 nitrogen and oxygen atoms in total. The average Bonchev–Trinajstić information content (AvgIpc) is 3.41. The van der Waals surface area contributed by atoms with E-state index in [1.165, 1.54) is 71.4 Å². The van der Waals surface area contributed by atoms with Gasteiger partial charge in [0.2, 0.25) is 5.69 Å². The molecule has 0 spiro atoms. The van der Waals surface area contributed by atoms with Crippen LogP contribution in [0, 0.1) is 6.92 Å². The highest BCUT2D eigenvalue weighted by Crippen LogP contribution is 2.37. The summed E-state index contributed by atoms with van der Waals surface area (Å²) in [5.74, 6) is 0.